The molecule has 2 aliphatic heterocycles. The minimum atomic E-state index is -1.17. The summed E-state index contributed by atoms with van der Waals surface area (Å²) in [7, 11) is 0. The van der Waals surface area contributed by atoms with Gasteiger partial charge in [-0.25, -0.2) is 15.2 Å². The fraction of sp³-hybridized carbons (Fsp3) is 0.917. The Morgan fingerprint density at radius 3 is 2.70 bits per heavy atom. The molecule has 116 valence electrons. The van der Waals surface area contributed by atoms with Gasteiger partial charge in [-0.15, -0.1) is 11.6 Å². The van der Waals surface area contributed by atoms with Crippen LogP contribution < -0.4 is 16.6 Å². The predicted molar refractivity (Wildman–Crippen MR) is 73.8 cm³/mol. The van der Waals surface area contributed by atoms with Gasteiger partial charge in [0.1, 0.15) is 12.2 Å². The second kappa shape index (κ2) is 6.53. The summed E-state index contributed by atoms with van der Waals surface area (Å²) >= 11 is 6.06. The number of hydrogen-bond donors (Lipinski definition) is 3. The first kappa shape index (κ1) is 15.9. The van der Waals surface area contributed by atoms with Crippen LogP contribution >= 0.6 is 11.6 Å². The Balaban J connectivity index is 1.90. The molecule has 2 saturated heterocycles. The van der Waals surface area contributed by atoms with Gasteiger partial charge in [-0.1, -0.05) is 0 Å². The molecule has 3 unspecified atom stereocenters. The topological polar surface area (TPSA) is 79.6 Å². The number of piperidine rings is 1. The number of ether oxygens (including phenoxy) is 1. The average molecular weight is 309 g/mol. The molecule has 2 heterocycles. The molecule has 1 amide bonds. The molecule has 2 fully saturated rings. The highest BCUT2D eigenvalue weighted by Gasteiger charge is 2.41. The lowest BCUT2D eigenvalue weighted by Gasteiger charge is -2.36. The van der Waals surface area contributed by atoms with E-state index in [0.29, 0.717) is 13.0 Å². The first-order valence-electron chi connectivity index (χ1n) is 6.89. The number of hydrazine groups is 1. The van der Waals surface area contributed by atoms with Gasteiger partial charge in [0.2, 0.25) is 5.91 Å². The minimum Gasteiger partial charge on any atom is -0.372 e. The summed E-state index contributed by atoms with van der Waals surface area (Å²) in [4.78, 5) is 13.8. The average Bonchev–Trinajstić information content (AvgIpc) is 2.71. The van der Waals surface area contributed by atoms with Gasteiger partial charge in [-0.2, -0.15) is 0 Å². The van der Waals surface area contributed by atoms with Crippen LogP contribution in [0.3, 0.4) is 0 Å². The van der Waals surface area contributed by atoms with Gasteiger partial charge in [-0.3, -0.25) is 4.79 Å². The molecule has 20 heavy (non-hydrogen) atoms. The van der Waals surface area contributed by atoms with E-state index >= 15 is 0 Å². The zero-order valence-corrected chi connectivity index (χ0v) is 12.4. The van der Waals surface area contributed by atoms with E-state index in [1.165, 1.54) is 4.90 Å². The highest BCUT2D eigenvalue weighted by atomic mass is 35.5. The van der Waals surface area contributed by atoms with Gasteiger partial charge in [-0.05, 0) is 20.3 Å². The Morgan fingerprint density at radius 2 is 2.20 bits per heavy atom. The summed E-state index contributed by atoms with van der Waals surface area (Å²) < 4.78 is 19.6. The molecule has 0 aromatic rings. The molecule has 4 N–H and O–H groups in total. The monoisotopic (exact) mass is 308 g/mol. The molecule has 0 aromatic heterocycles. The molecule has 0 aliphatic carbocycles. The van der Waals surface area contributed by atoms with Gasteiger partial charge in [0.15, 0.2) is 0 Å². The lowest BCUT2D eigenvalue weighted by molar-refractivity contribution is -0.140. The van der Waals surface area contributed by atoms with Crippen molar-refractivity contribution in [2.24, 2.45) is 5.73 Å². The van der Waals surface area contributed by atoms with Crippen LogP contribution in [-0.4, -0.2) is 59.9 Å². The molecular weight excluding hydrogens is 287 g/mol. The highest BCUT2D eigenvalue weighted by molar-refractivity contribution is 6.23. The molecule has 0 bridgehead atoms. The molecule has 0 radical (unpaired) electrons. The molecule has 0 spiro atoms. The summed E-state index contributed by atoms with van der Waals surface area (Å²) in [5.41, 5.74) is 11.1. The SMILES string of the molecule is CC(C)O[C@H]1CCN(C(=O)C2NNC(N)C2Cl)C[C@H]1F. The van der Waals surface area contributed by atoms with Crippen LogP contribution in [0.25, 0.3) is 0 Å². The van der Waals surface area contributed by atoms with Crippen LogP contribution in [0.4, 0.5) is 4.39 Å². The van der Waals surface area contributed by atoms with Crippen molar-refractivity contribution in [1.82, 2.24) is 15.8 Å². The molecule has 8 heteroatoms. The largest absolute Gasteiger partial charge is 0.372 e. The Morgan fingerprint density at radius 1 is 1.50 bits per heavy atom. The number of nitrogens with one attached hydrogen (secondary N) is 2. The van der Waals surface area contributed by atoms with E-state index in [0.717, 1.165) is 0 Å². The van der Waals surface area contributed by atoms with E-state index in [9.17, 15) is 9.18 Å². The lowest BCUT2D eigenvalue weighted by atomic mass is 10.0. The second-order valence-corrected chi connectivity index (χ2v) is 6.05. The van der Waals surface area contributed by atoms with Crippen LogP contribution in [-0.2, 0) is 9.53 Å². The van der Waals surface area contributed by atoms with Crippen molar-refractivity contribution < 1.29 is 13.9 Å². The van der Waals surface area contributed by atoms with Gasteiger partial charge < -0.3 is 15.4 Å². The van der Waals surface area contributed by atoms with Crippen molar-refractivity contribution in [1.29, 1.82) is 0 Å². The smallest absolute Gasteiger partial charge is 0.242 e. The summed E-state index contributed by atoms with van der Waals surface area (Å²) in [6, 6.07) is -0.624. The number of carbonyl (C=O) groups is 1. The maximum Gasteiger partial charge on any atom is 0.242 e. The Hall–Kier alpha value is -0.470. The Bertz CT molecular complexity index is 360. The van der Waals surface area contributed by atoms with Crippen LogP contribution in [0.15, 0.2) is 0 Å². The zero-order chi connectivity index (χ0) is 14.9. The van der Waals surface area contributed by atoms with Crippen LogP contribution in [0.1, 0.15) is 20.3 Å². The highest BCUT2D eigenvalue weighted by Crippen LogP contribution is 2.21. The van der Waals surface area contributed by atoms with Crippen LogP contribution in [0.5, 0.6) is 0 Å². The van der Waals surface area contributed by atoms with Crippen molar-refractivity contribution in [2.45, 2.75) is 56.2 Å². The van der Waals surface area contributed by atoms with Crippen molar-refractivity contribution in [2.75, 3.05) is 13.1 Å². The standard InChI is InChI=1S/C12H22ClFN4O2/c1-6(2)20-8-3-4-18(5-7(8)14)12(19)10-9(13)11(15)17-16-10/h6-11,16-17H,3-5,15H2,1-2H3/t7-,8+,9?,10?,11?/m1/s1. The maximum atomic E-state index is 14.1. The van der Waals surface area contributed by atoms with E-state index in [2.05, 4.69) is 10.9 Å². The zero-order valence-electron chi connectivity index (χ0n) is 11.7. The molecule has 6 nitrogen and oxygen atoms in total. The number of carbonyl (C=O) groups excluding carboxylic acids is 1. The number of nitrogens with zero attached hydrogens (tertiary/aromatic N) is 1. The van der Waals surface area contributed by atoms with Crippen molar-refractivity contribution in [3.63, 3.8) is 0 Å². The van der Waals surface area contributed by atoms with E-state index in [4.69, 9.17) is 22.1 Å². The van der Waals surface area contributed by atoms with Crippen molar-refractivity contribution in [3.8, 4) is 0 Å². The molecule has 2 aliphatic rings. The van der Waals surface area contributed by atoms with Gasteiger partial charge in [0, 0.05) is 6.54 Å². The summed E-state index contributed by atoms with van der Waals surface area (Å²) in [5, 5.41) is -0.551. The van der Waals surface area contributed by atoms with Gasteiger partial charge >= 0.3 is 0 Å². The third-order valence-electron chi connectivity index (χ3n) is 3.57. The number of amides is 1. The van der Waals surface area contributed by atoms with E-state index in [1.807, 2.05) is 13.8 Å². The van der Waals surface area contributed by atoms with Gasteiger partial charge in [0.25, 0.3) is 0 Å². The normalized spacial score (nSPS) is 38.5. The number of rotatable bonds is 3. The van der Waals surface area contributed by atoms with E-state index in [1.54, 1.807) is 0 Å². The quantitative estimate of drug-likeness (QED) is 0.625. The summed E-state index contributed by atoms with van der Waals surface area (Å²) in [5.74, 6) is -0.226. The molecular formula is C12H22ClFN4O2. The number of likely N-dealkylation sites (tertiary alicyclic amines) is 1. The molecule has 5 atom stereocenters. The maximum absolute atomic E-state index is 14.1. The first-order chi connectivity index (χ1) is 9.40. The number of hydrogen-bond acceptors (Lipinski definition) is 5. The van der Waals surface area contributed by atoms with E-state index < -0.39 is 29.9 Å². The molecule has 0 saturated carbocycles. The molecule has 2 rings (SSSR count). The first-order valence-corrected chi connectivity index (χ1v) is 7.33. The van der Waals surface area contributed by atoms with Crippen molar-refractivity contribution >= 4 is 17.5 Å². The Labute approximate surface area is 123 Å². The predicted octanol–water partition coefficient (Wildman–Crippen LogP) is -0.281. The van der Waals surface area contributed by atoms with Crippen LogP contribution in [0, 0.1) is 0 Å². The van der Waals surface area contributed by atoms with Crippen molar-refractivity contribution in [3.05, 3.63) is 0 Å². The van der Waals surface area contributed by atoms with Crippen LogP contribution in [0.2, 0.25) is 0 Å². The fourth-order valence-electron chi connectivity index (χ4n) is 2.53. The van der Waals surface area contributed by atoms with E-state index in [-0.39, 0.29) is 18.6 Å². The lowest BCUT2D eigenvalue weighted by Crippen LogP contribution is -2.55. The third-order valence-corrected chi connectivity index (χ3v) is 4.10. The number of alkyl halides is 2. The summed E-state index contributed by atoms with van der Waals surface area (Å²) in [6.45, 7) is 4.25. The minimum absolute atomic E-state index is 0.0218. The second-order valence-electron chi connectivity index (χ2n) is 5.55. The Kier molecular flexibility index (Phi) is 5.19. The fourth-order valence-corrected chi connectivity index (χ4v) is 2.77. The third kappa shape index (κ3) is 3.40. The van der Waals surface area contributed by atoms with Gasteiger partial charge in [0.05, 0.1) is 30.3 Å². The number of halogens is 2. The number of nitrogens with two attached hydrogens (primary N) is 1. The summed E-state index contributed by atoms with van der Waals surface area (Å²) in [6.07, 6.45) is -1.64. The molecule has 0 aromatic carbocycles.